The summed E-state index contributed by atoms with van der Waals surface area (Å²) in [6.07, 6.45) is 0. The van der Waals surface area contributed by atoms with Crippen LogP contribution in [0.1, 0.15) is 11.7 Å². The standard InChI is InChI=1S/C6H7OS/c1-6(7)8-4-2-3-5-8/h2-5H,1H3/q+1. The molecule has 0 aliphatic rings. The summed E-state index contributed by atoms with van der Waals surface area (Å²) in [6.45, 7) is 1.61. The van der Waals surface area contributed by atoms with E-state index >= 15 is 0 Å². The lowest BCUT2D eigenvalue weighted by molar-refractivity contribution is 0.106. The van der Waals surface area contributed by atoms with Crippen LogP contribution < -0.4 is 0 Å². The van der Waals surface area contributed by atoms with Gasteiger partial charge in [-0.15, -0.1) is 0 Å². The first-order chi connectivity index (χ1) is 3.80. The van der Waals surface area contributed by atoms with E-state index in [1.165, 1.54) is 0 Å². The van der Waals surface area contributed by atoms with Crippen molar-refractivity contribution < 1.29 is 4.79 Å². The van der Waals surface area contributed by atoms with Gasteiger partial charge in [-0.2, -0.15) is 0 Å². The van der Waals surface area contributed by atoms with Crippen LogP contribution in [-0.4, -0.2) is 5.12 Å². The van der Waals surface area contributed by atoms with Gasteiger partial charge in [0, 0.05) is 10.5 Å². The maximum atomic E-state index is 10.6. The van der Waals surface area contributed by atoms with Gasteiger partial charge in [-0.05, 0) is 12.1 Å². The number of hydrogen-bond acceptors (Lipinski definition) is 1. The smallest absolute Gasteiger partial charge is 0.232 e. The van der Waals surface area contributed by atoms with Gasteiger partial charge in [-0.3, -0.25) is 0 Å². The summed E-state index contributed by atoms with van der Waals surface area (Å²) in [5.41, 5.74) is 0. The van der Waals surface area contributed by atoms with Crippen LogP contribution in [0.2, 0.25) is 0 Å². The van der Waals surface area contributed by atoms with Gasteiger partial charge in [0.25, 0.3) is 0 Å². The molecule has 8 heavy (non-hydrogen) atoms. The van der Waals surface area contributed by atoms with Crippen LogP contribution in [0, 0.1) is 0 Å². The quantitative estimate of drug-likeness (QED) is 0.528. The summed E-state index contributed by atoms with van der Waals surface area (Å²) in [6, 6.07) is 3.81. The highest BCUT2D eigenvalue weighted by molar-refractivity contribution is 7.48. The minimum atomic E-state index is -0.179. The topological polar surface area (TPSA) is 17.1 Å². The third-order valence-electron chi connectivity index (χ3n) is 0.893. The molecular weight excluding hydrogens is 120 g/mol. The SMILES string of the molecule is CC(=O)[s+]1cccc1. The summed E-state index contributed by atoms with van der Waals surface area (Å²) < 4.78 is 0. The molecule has 1 aromatic rings. The lowest BCUT2D eigenvalue weighted by Gasteiger charge is -1.69. The van der Waals surface area contributed by atoms with Crippen LogP contribution in [-0.2, 0) is 0 Å². The van der Waals surface area contributed by atoms with Crippen molar-refractivity contribution >= 4 is 15.6 Å². The second-order valence-electron chi connectivity index (χ2n) is 1.52. The molecule has 0 aromatic carbocycles. The van der Waals surface area contributed by atoms with Gasteiger partial charge in [0.05, 0.1) is 6.92 Å². The normalized spacial score (nSPS) is 9.12. The van der Waals surface area contributed by atoms with Crippen molar-refractivity contribution in [1.29, 1.82) is 0 Å². The maximum absolute atomic E-state index is 10.6. The molecule has 0 unspecified atom stereocenters. The Hall–Kier alpha value is -0.630. The molecule has 0 fully saturated rings. The Morgan fingerprint density at radius 1 is 1.38 bits per heavy atom. The summed E-state index contributed by atoms with van der Waals surface area (Å²) in [5, 5.41) is 4.08. The molecule has 0 spiro atoms. The molecule has 1 aromatic heterocycles. The first-order valence-corrected chi connectivity index (χ1v) is 3.73. The van der Waals surface area contributed by atoms with Gasteiger partial charge in [0.2, 0.25) is 0 Å². The number of rotatable bonds is 1. The fraction of sp³-hybridized carbons (Fsp3) is 0.167. The summed E-state index contributed by atoms with van der Waals surface area (Å²) in [4.78, 5) is 10.6. The zero-order valence-corrected chi connectivity index (χ0v) is 5.44. The highest BCUT2D eigenvalue weighted by atomic mass is 32.2. The highest BCUT2D eigenvalue weighted by Gasteiger charge is 2.05. The maximum Gasteiger partial charge on any atom is 0.352 e. The van der Waals surface area contributed by atoms with Crippen LogP contribution >= 0.6 is 10.5 Å². The van der Waals surface area contributed by atoms with Crippen molar-refractivity contribution in [2.24, 2.45) is 0 Å². The first kappa shape index (κ1) is 5.51. The third-order valence-corrected chi connectivity index (χ3v) is 2.46. The van der Waals surface area contributed by atoms with Crippen molar-refractivity contribution in [3.63, 3.8) is 0 Å². The molecule has 1 heterocycles. The van der Waals surface area contributed by atoms with E-state index in [1.54, 1.807) is 6.92 Å². The number of thiophene rings is 1. The molecule has 0 bridgehead atoms. The van der Waals surface area contributed by atoms with Gasteiger partial charge in [-0.1, -0.05) is 0 Å². The molecule has 42 valence electrons. The molecule has 0 saturated carbocycles. The molecule has 0 aliphatic heterocycles. The van der Waals surface area contributed by atoms with E-state index in [4.69, 9.17) is 0 Å². The molecule has 0 radical (unpaired) electrons. The zero-order valence-electron chi connectivity index (χ0n) is 4.63. The van der Waals surface area contributed by atoms with Crippen molar-refractivity contribution in [3.05, 3.63) is 22.9 Å². The molecular formula is C6H7OS+. The van der Waals surface area contributed by atoms with Crippen molar-refractivity contribution in [3.8, 4) is 0 Å². The van der Waals surface area contributed by atoms with Crippen LogP contribution in [0.4, 0.5) is 0 Å². The predicted octanol–water partition coefficient (Wildman–Crippen LogP) is 2.10. The first-order valence-electron chi connectivity index (χ1n) is 2.38. The van der Waals surface area contributed by atoms with Crippen LogP contribution in [0.15, 0.2) is 22.9 Å². The summed E-state index contributed by atoms with van der Waals surface area (Å²) >= 11 is 0. The van der Waals surface area contributed by atoms with E-state index in [-0.39, 0.29) is 15.6 Å². The molecule has 0 amide bonds. The molecule has 0 aliphatic carbocycles. The van der Waals surface area contributed by atoms with E-state index in [0.717, 1.165) is 0 Å². The zero-order chi connectivity index (χ0) is 5.98. The van der Waals surface area contributed by atoms with E-state index in [2.05, 4.69) is 0 Å². The largest absolute Gasteiger partial charge is 0.352 e. The lowest BCUT2D eigenvalue weighted by atomic mass is 10.7. The van der Waals surface area contributed by atoms with Crippen LogP contribution in [0.5, 0.6) is 0 Å². The minimum absolute atomic E-state index is 0.179. The van der Waals surface area contributed by atoms with E-state index in [9.17, 15) is 4.79 Å². The highest BCUT2D eigenvalue weighted by Crippen LogP contribution is 2.15. The van der Waals surface area contributed by atoms with Crippen molar-refractivity contribution in [2.75, 3.05) is 0 Å². The third kappa shape index (κ3) is 0.954. The van der Waals surface area contributed by atoms with Crippen molar-refractivity contribution in [2.45, 2.75) is 6.92 Å². The molecule has 1 nitrogen and oxygen atoms in total. The fourth-order valence-electron chi connectivity index (χ4n) is 0.497. The Bertz CT molecular complexity index is 176. The minimum Gasteiger partial charge on any atom is -0.232 e. The molecule has 1 rings (SSSR count). The molecule has 0 atom stereocenters. The Morgan fingerprint density at radius 3 is 2.12 bits per heavy atom. The predicted molar refractivity (Wildman–Crippen MR) is 35.2 cm³/mol. The summed E-state index contributed by atoms with van der Waals surface area (Å²) in [7, 11) is -0.179. The second kappa shape index (κ2) is 2.09. The molecule has 0 saturated heterocycles. The number of carbonyl (C=O) groups excluding carboxylic acids is 1. The number of hydrogen-bond donors (Lipinski definition) is 0. The lowest BCUT2D eigenvalue weighted by Crippen LogP contribution is -1.73. The number of carbonyl (C=O) groups is 1. The van der Waals surface area contributed by atoms with Crippen LogP contribution in [0.25, 0.3) is 0 Å². The fourth-order valence-corrected chi connectivity index (χ4v) is 1.49. The monoisotopic (exact) mass is 127 g/mol. The average molecular weight is 127 g/mol. The Balaban J connectivity index is 2.93. The Morgan fingerprint density at radius 2 is 1.88 bits per heavy atom. The Labute approximate surface area is 50.9 Å². The molecule has 2 heteroatoms. The van der Waals surface area contributed by atoms with Gasteiger partial charge < -0.3 is 0 Å². The van der Waals surface area contributed by atoms with E-state index in [0.29, 0.717) is 0 Å². The van der Waals surface area contributed by atoms with Gasteiger partial charge in [-0.25, -0.2) is 4.79 Å². The van der Waals surface area contributed by atoms with Crippen LogP contribution in [0.3, 0.4) is 0 Å². The molecule has 0 N–H and O–H groups in total. The summed E-state index contributed by atoms with van der Waals surface area (Å²) in [5.74, 6) is 0. The Kier molecular flexibility index (Phi) is 1.44. The van der Waals surface area contributed by atoms with Gasteiger partial charge >= 0.3 is 5.12 Å². The van der Waals surface area contributed by atoms with E-state index < -0.39 is 0 Å². The van der Waals surface area contributed by atoms with Crippen molar-refractivity contribution in [1.82, 2.24) is 0 Å². The van der Waals surface area contributed by atoms with Gasteiger partial charge in [0.1, 0.15) is 10.8 Å². The van der Waals surface area contributed by atoms with Gasteiger partial charge in [0.15, 0.2) is 0 Å². The average Bonchev–Trinajstić information content (AvgIpc) is 2.12. The van der Waals surface area contributed by atoms with E-state index in [1.807, 2.05) is 22.9 Å². The second-order valence-corrected chi connectivity index (χ2v) is 3.38.